The van der Waals surface area contributed by atoms with Crippen LogP contribution in [-0.4, -0.2) is 36.3 Å². The molecule has 2 aromatic heterocycles. The van der Waals surface area contributed by atoms with Gasteiger partial charge in [0.05, 0.1) is 18.9 Å². The van der Waals surface area contributed by atoms with Gasteiger partial charge in [-0.3, -0.25) is 0 Å². The third-order valence-electron chi connectivity index (χ3n) is 5.00. The molecule has 2 N–H and O–H groups in total. The highest BCUT2D eigenvalue weighted by Gasteiger charge is 2.15. The number of rotatable bonds is 4. The van der Waals surface area contributed by atoms with Crippen LogP contribution in [0.5, 0.6) is 0 Å². The van der Waals surface area contributed by atoms with Crippen LogP contribution >= 0.6 is 0 Å². The van der Waals surface area contributed by atoms with E-state index in [0.29, 0.717) is 19.0 Å². The lowest BCUT2D eigenvalue weighted by Gasteiger charge is -2.27. The molecular formula is C22H23FN4O. The van der Waals surface area contributed by atoms with Crippen LogP contribution in [0.4, 0.5) is 16.0 Å². The molecule has 0 amide bonds. The van der Waals surface area contributed by atoms with Gasteiger partial charge >= 0.3 is 0 Å². The number of benzene rings is 1. The average molecular weight is 378 g/mol. The van der Waals surface area contributed by atoms with E-state index in [0.717, 1.165) is 53.3 Å². The van der Waals surface area contributed by atoms with Crippen LogP contribution in [0.3, 0.4) is 0 Å². The molecule has 0 radical (unpaired) electrons. The lowest BCUT2D eigenvalue weighted by Crippen LogP contribution is -2.36. The van der Waals surface area contributed by atoms with E-state index in [9.17, 15) is 4.39 Å². The first-order valence-corrected chi connectivity index (χ1v) is 9.50. The third-order valence-corrected chi connectivity index (χ3v) is 5.00. The first kappa shape index (κ1) is 18.4. The number of morpholine rings is 1. The summed E-state index contributed by atoms with van der Waals surface area (Å²) in [5.74, 6) is 1.12. The number of halogens is 1. The second kappa shape index (κ2) is 7.94. The van der Waals surface area contributed by atoms with Crippen LogP contribution in [0.25, 0.3) is 22.3 Å². The number of hydrogen-bond donors (Lipinski definition) is 1. The minimum Gasteiger partial charge on any atom is -0.384 e. The van der Waals surface area contributed by atoms with Crippen LogP contribution in [0, 0.1) is 5.82 Å². The van der Waals surface area contributed by atoms with Gasteiger partial charge in [0.25, 0.3) is 0 Å². The molecule has 0 spiro atoms. The first-order valence-electron chi connectivity index (χ1n) is 9.50. The predicted octanol–water partition coefficient (Wildman–Crippen LogP) is 3.93. The average Bonchev–Trinajstić information content (AvgIpc) is 2.74. The summed E-state index contributed by atoms with van der Waals surface area (Å²) in [5.41, 5.74) is 10.3. The summed E-state index contributed by atoms with van der Waals surface area (Å²) in [4.78, 5) is 11.3. The Labute approximate surface area is 164 Å². The van der Waals surface area contributed by atoms with Gasteiger partial charge in [0.2, 0.25) is 0 Å². The van der Waals surface area contributed by atoms with Crippen molar-refractivity contribution in [2.45, 2.75) is 13.3 Å². The molecule has 5 nitrogen and oxygen atoms in total. The number of ether oxygens (including phenoxy) is 1. The van der Waals surface area contributed by atoms with Gasteiger partial charge < -0.3 is 15.4 Å². The van der Waals surface area contributed by atoms with E-state index in [-0.39, 0.29) is 5.82 Å². The zero-order chi connectivity index (χ0) is 19.5. The molecule has 3 aromatic rings. The van der Waals surface area contributed by atoms with E-state index in [1.807, 2.05) is 25.1 Å². The fourth-order valence-electron chi connectivity index (χ4n) is 3.55. The molecule has 0 bridgehead atoms. The Hall–Kier alpha value is -2.99. The zero-order valence-corrected chi connectivity index (χ0v) is 15.9. The molecule has 1 aliphatic heterocycles. The highest BCUT2D eigenvalue weighted by molar-refractivity contribution is 5.84. The van der Waals surface area contributed by atoms with E-state index in [1.165, 1.54) is 6.07 Å². The Kier molecular flexibility index (Phi) is 5.21. The topological polar surface area (TPSA) is 64.3 Å². The minimum absolute atomic E-state index is 0.280. The zero-order valence-electron chi connectivity index (χ0n) is 15.9. The lowest BCUT2D eigenvalue weighted by atomic mass is 9.93. The number of aryl methyl sites for hydroxylation is 1. The SMILES string of the molecule is CCc1nc(N)ccc1-c1ccc(F)cc1-c1ccc(N2CCOCC2)nc1. The van der Waals surface area contributed by atoms with Gasteiger partial charge in [0, 0.05) is 30.4 Å². The number of pyridine rings is 2. The van der Waals surface area contributed by atoms with Crippen molar-refractivity contribution in [2.24, 2.45) is 0 Å². The minimum atomic E-state index is -0.280. The van der Waals surface area contributed by atoms with Crippen molar-refractivity contribution in [1.29, 1.82) is 0 Å². The fraction of sp³-hybridized carbons (Fsp3) is 0.273. The van der Waals surface area contributed by atoms with Gasteiger partial charge in [-0.2, -0.15) is 0 Å². The highest BCUT2D eigenvalue weighted by Crippen LogP contribution is 2.35. The van der Waals surface area contributed by atoms with Gasteiger partial charge in [-0.15, -0.1) is 0 Å². The number of nitrogens with two attached hydrogens (primary N) is 1. The summed E-state index contributed by atoms with van der Waals surface area (Å²) in [5, 5.41) is 0. The smallest absolute Gasteiger partial charge is 0.128 e. The molecule has 28 heavy (non-hydrogen) atoms. The molecule has 0 unspecified atom stereocenters. The predicted molar refractivity (Wildman–Crippen MR) is 110 cm³/mol. The number of aromatic nitrogens is 2. The van der Waals surface area contributed by atoms with Crippen molar-refractivity contribution >= 4 is 11.6 Å². The van der Waals surface area contributed by atoms with Crippen LogP contribution in [0.15, 0.2) is 48.7 Å². The molecule has 0 aliphatic carbocycles. The Morgan fingerprint density at radius 1 is 1.04 bits per heavy atom. The molecule has 1 saturated heterocycles. The third kappa shape index (κ3) is 3.68. The van der Waals surface area contributed by atoms with Gasteiger partial charge in [0.15, 0.2) is 0 Å². The normalized spacial score (nSPS) is 14.3. The maximum Gasteiger partial charge on any atom is 0.128 e. The van der Waals surface area contributed by atoms with Gasteiger partial charge in [-0.25, -0.2) is 14.4 Å². The monoisotopic (exact) mass is 378 g/mol. The number of nitrogens with zero attached hydrogens (tertiary/aromatic N) is 3. The fourth-order valence-corrected chi connectivity index (χ4v) is 3.55. The molecule has 0 atom stereocenters. The standard InChI is InChI=1S/C22H23FN4O/c1-2-20-18(6-7-21(24)26-20)17-5-4-16(23)13-19(17)15-3-8-22(25-14-15)27-9-11-28-12-10-27/h3-8,13-14H,2,9-12H2,1H3,(H2,24,26). The van der Waals surface area contributed by atoms with Crippen molar-refractivity contribution in [3.63, 3.8) is 0 Å². The van der Waals surface area contributed by atoms with E-state index in [4.69, 9.17) is 10.5 Å². The Morgan fingerprint density at radius 3 is 2.54 bits per heavy atom. The first-order chi connectivity index (χ1) is 13.7. The number of hydrogen-bond acceptors (Lipinski definition) is 5. The van der Waals surface area contributed by atoms with E-state index in [2.05, 4.69) is 14.9 Å². The Bertz CT molecular complexity index is 969. The molecule has 3 heterocycles. The molecule has 144 valence electrons. The van der Waals surface area contributed by atoms with Gasteiger partial charge in [-0.1, -0.05) is 13.0 Å². The van der Waals surface area contributed by atoms with E-state index >= 15 is 0 Å². The summed E-state index contributed by atoms with van der Waals surface area (Å²) in [6.07, 6.45) is 2.55. The number of anilines is 2. The molecule has 0 saturated carbocycles. The maximum atomic E-state index is 14.1. The van der Waals surface area contributed by atoms with Crippen LogP contribution in [0.1, 0.15) is 12.6 Å². The van der Waals surface area contributed by atoms with E-state index < -0.39 is 0 Å². The molecule has 1 aliphatic rings. The summed E-state index contributed by atoms with van der Waals surface area (Å²) in [7, 11) is 0. The largest absolute Gasteiger partial charge is 0.384 e. The van der Waals surface area contributed by atoms with Crippen molar-refractivity contribution < 1.29 is 9.13 Å². The summed E-state index contributed by atoms with van der Waals surface area (Å²) < 4.78 is 19.5. The van der Waals surface area contributed by atoms with Crippen LogP contribution in [-0.2, 0) is 11.2 Å². The molecule has 1 aromatic carbocycles. The van der Waals surface area contributed by atoms with Gasteiger partial charge in [-0.05, 0) is 53.9 Å². The van der Waals surface area contributed by atoms with Crippen molar-refractivity contribution in [1.82, 2.24) is 9.97 Å². The lowest BCUT2D eigenvalue weighted by molar-refractivity contribution is 0.122. The molecule has 4 rings (SSSR count). The van der Waals surface area contributed by atoms with E-state index in [1.54, 1.807) is 24.4 Å². The van der Waals surface area contributed by atoms with Crippen LogP contribution in [0.2, 0.25) is 0 Å². The second-order valence-electron chi connectivity index (χ2n) is 6.78. The van der Waals surface area contributed by atoms with Gasteiger partial charge in [0.1, 0.15) is 17.5 Å². The summed E-state index contributed by atoms with van der Waals surface area (Å²) in [6.45, 7) is 5.11. The highest BCUT2D eigenvalue weighted by atomic mass is 19.1. The molecular weight excluding hydrogens is 355 g/mol. The maximum absolute atomic E-state index is 14.1. The molecule has 1 fully saturated rings. The van der Waals surface area contributed by atoms with Crippen molar-refractivity contribution in [3.8, 4) is 22.3 Å². The summed E-state index contributed by atoms with van der Waals surface area (Å²) >= 11 is 0. The molecule has 6 heteroatoms. The van der Waals surface area contributed by atoms with Crippen LogP contribution < -0.4 is 10.6 Å². The Morgan fingerprint density at radius 2 is 1.82 bits per heavy atom. The van der Waals surface area contributed by atoms with Crippen molar-refractivity contribution in [3.05, 3.63) is 60.2 Å². The second-order valence-corrected chi connectivity index (χ2v) is 6.78. The summed E-state index contributed by atoms with van der Waals surface area (Å²) in [6, 6.07) is 12.5. The number of nitrogen functional groups attached to an aromatic ring is 1. The van der Waals surface area contributed by atoms with Crippen molar-refractivity contribution in [2.75, 3.05) is 36.9 Å². The Balaban J connectivity index is 1.75. The quantitative estimate of drug-likeness (QED) is 0.745.